The van der Waals surface area contributed by atoms with E-state index in [0.717, 1.165) is 5.56 Å². The zero-order valence-electron chi connectivity index (χ0n) is 10.2. The maximum Gasteiger partial charge on any atom is 0.0639 e. The highest BCUT2D eigenvalue weighted by Crippen LogP contribution is 2.20. The average Bonchev–Trinajstić information content (AvgIpc) is 2.14. The molecule has 0 spiro atoms. The van der Waals surface area contributed by atoms with Gasteiger partial charge in [0, 0.05) is 5.56 Å². The van der Waals surface area contributed by atoms with Crippen LogP contribution in [0.25, 0.3) is 0 Å². The number of hydrogen-bond acceptors (Lipinski definition) is 1. The third kappa shape index (κ3) is 2.61. The second kappa shape index (κ2) is 4.51. The molecule has 0 aliphatic rings. The number of hydrogen-bond donors (Lipinski definition) is 1. The Bertz CT molecular complexity index is 405. The Morgan fingerprint density at radius 1 is 1.07 bits per heavy atom. The van der Waals surface area contributed by atoms with Crippen molar-refractivity contribution in [1.82, 2.24) is 0 Å². The molecule has 0 heterocycles. The van der Waals surface area contributed by atoms with E-state index in [0.29, 0.717) is 0 Å². The van der Waals surface area contributed by atoms with E-state index < -0.39 is 0 Å². The van der Waals surface area contributed by atoms with E-state index >= 15 is 0 Å². The van der Waals surface area contributed by atoms with Gasteiger partial charge in [0.25, 0.3) is 0 Å². The molecule has 1 nitrogen and oxygen atoms in total. The molecule has 1 unspecified atom stereocenters. The highest BCUT2D eigenvalue weighted by Gasteiger charge is 2.05. The van der Waals surface area contributed by atoms with Crippen LogP contribution in [-0.4, -0.2) is 6.04 Å². The van der Waals surface area contributed by atoms with Gasteiger partial charge in [-0.3, -0.25) is 0 Å². The van der Waals surface area contributed by atoms with Crippen molar-refractivity contribution >= 4 is 0 Å². The predicted octanol–water partition coefficient (Wildman–Crippen LogP) is 2.62. The van der Waals surface area contributed by atoms with Crippen LogP contribution in [0, 0.1) is 39.5 Å². The summed E-state index contributed by atoms with van der Waals surface area (Å²) in [5, 5.41) is 0. The molecule has 0 saturated carbocycles. The monoisotopic (exact) mass is 201 g/mol. The summed E-state index contributed by atoms with van der Waals surface area (Å²) in [5.41, 5.74) is 11.9. The lowest BCUT2D eigenvalue weighted by molar-refractivity contribution is 0.959. The predicted molar refractivity (Wildman–Crippen MR) is 65.9 cm³/mol. The molecule has 0 saturated heterocycles. The molecule has 0 bridgehead atoms. The van der Waals surface area contributed by atoms with Crippen molar-refractivity contribution in [3.8, 4) is 11.8 Å². The van der Waals surface area contributed by atoms with E-state index in [4.69, 9.17) is 5.73 Å². The minimum Gasteiger partial charge on any atom is -0.318 e. The van der Waals surface area contributed by atoms with E-state index in [1.165, 1.54) is 22.3 Å². The van der Waals surface area contributed by atoms with Gasteiger partial charge >= 0.3 is 0 Å². The van der Waals surface area contributed by atoms with Crippen LogP contribution in [0.4, 0.5) is 0 Å². The van der Waals surface area contributed by atoms with Crippen LogP contribution in [0.2, 0.25) is 0 Å². The number of nitrogens with two attached hydrogens (primary N) is 1. The molecule has 1 heteroatoms. The zero-order valence-corrected chi connectivity index (χ0v) is 10.2. The molecule has 0 fully saturated rings. The Morgan fingerprint density at radius 2 is 1.53 bits per heavy atom. The first-order valence-electron chi connectivity index (χ1n) is 5.28. The van der Waals surface area contributed by atoms with Crippen molar-refractivity contribution in [2.45, 2.75) is 40.7 Å². The van der Waals surface area contributed by atoms with Gasteiger partial charge < -0.3 is 5.73 Å². The quantitative estimate of drug-likeness (QED) is 0.642. The van der Waals surface area contributed by atoms with E-state index in [2.05, 4.69) is 45.6 Å². The van der Waals surface area contributed by atoms with Gasteiger partial charge in [-0.2, -0.15) is 0 Å². The molecule has 0 amide bonds. The van der Waals surface area contributed by atoms with Gasteiger partial charge in [0.2, 0.25) is 0 Å². The standard InChI is InChI=1S/C14H19N/c1-9-8-10(2)13(5)14(12(9)4)7-6-11(3)15/h8,11H,15H2,1-5H3. The van der Waals surface area contributed by atoms with E-state index in [1.54, 1.807) is 0 Å². The molecule has 80 valence electrons. The Morgan fingerprint density at radius 3 is 1.93 bits per heavy atom. The van der Waals surface area contributed by atoms with Crippen LogP contribution >= 0.6 is 0 Å². The van der Waals surface area contributed by atoms with Crippen LogP contribution in [0.5, 0.6) is 0 Å². The normalized spacial score (nSPS) is 11.9. The topological polar surface area (TPSA) is 26.0 Å². The molecule has 0 radical (unpaired) electrons. The summed E-state index contributed by atoms with van der Waals surface area (Å²) >= 11 is 0. The van der Waals surface area contributed by atoms with E-state index in [1.807, 2.05) is 6.92 Å². The zero-order chi connectivity index (χ0) is 11.6. The second-order valence-electron chi connectivity index (χ2n) is 4.19. The lowest BCUT2D eigenvalue weighted by Gasteiger charge is -2.10. The summed E-state index contributed by atoms with van der Waals surface area (Å²) in [6.07, 6.45) is 0. The van der Waals surface area contributed by atoms with Gasteiger partial charge in [-0.25, -0.2) is 0 Å². The molecule has 1 aromatic rings. The number of benzene rings is 1. The van der Waals surface area contributed by atoms with Gasteiger partial charge in [-0.15, -0.1) is 0 Å². The largest absolute Gasteiger partial charge is 0.318 e. The lowest BCUT2D eigenvalue weighted by atomic mass is 9.94. The summed E-state index contributed by atoms with van der Waals surface area (Å²) in [6.45, 7) is 10.4. The maximum atomic E-state index is 5.64. The third-order valence-electron chi connectivity index (χ3n) is 2.79. The highest BCUT2D eigenvalue weighted by atomic mass is 14.6. The smallest absolute Gasteiger partial charge is 0.0639 e. The molecule has 0 aliphatic carbocycles. The summed E-state index contributed by atoms with van der Waals surface area (Å²) in [4.78, 5) is 0. The van der Waals surface area contributed by atoms with Crippen LogP contribution in [0.1, 0.15) is 34.7 Å². The summed E-state index contributed by atoms with van der Waals surface area (Å²) in [7, 11) is 0. The molecule has 15 heavy (non-hydrogen) atoms. The molecule has 0 aliphatic heterocycles. The minimum absolute atomic E-state index is 0.0652. The Hall–Kier alpha value is -1.26. The van der Waals surface area contributed by atoms with Crippen LogP contribution in [0.15, 0.2) is 6.07 Å². The van der Waals surface area contributed by atoms with Gasteiger partial charge in [0.15, 0.2) is 0 Å². The van der Waals surface area contributed by atoms with Crippen molar-refractivity contribution in [3.05, 3.63) is 33.9 Å². The first-order valence-corrected chi connectivity index (χ1v) is 5.28. The lowest BCUT2D eigenvalue weighted by Crippen LogP contribution is -2.11. The molecule has 1 atom stereocenters. The van der Waals surface area contributed by atoms with Crippen LogP contribution in [0.3, 0.4) is 0 Å². The first-order chi connectivity index (χ1) is 6.93. The highest BCUT2D eigenvalue weighted by molar-refractivity contribution is 5.52. The van der Waals surface area contributed by atoms with Gasteiger partial charge in [0.05, 0.1) is 6.04 Å². The number of rotatable bonds is 0. The van der Waals surface area contributed by atoms with E-state index in [9.17, 15) is 0 Å². The summed E-state index contributed by atoms with van der Waals surface area (Å²) in [5.74, 6) is 6.21. The van der Waals surface area contributed by atoms with Gasteiger partial charge in [-0.1, -0.05) is 17.9 Å². The fraction of sp³-hybridized carbons (Fsp3) is 0.429. The molecule has 2 N–H and O–H groups in total. The minimum atomic E-state index is -0.0652. The third-order valence-corrected chi connectivity index (χ3v) is 2.79. The van der Waals surface area contributed by atoms with Crippen molar-refractivity contribution in [1.29, 1.82) is 0 Å². The molecule has 0 aromatic heterocycles. The Labute approximate surface area is 92.7 Å². The fourth-order valence-corrected chi connectivity index (χ4v) is 1.59. The molecular formula is C14H19N. The van der Waals surface area contributed by atoms with Crippen LogP contribution in [-0.2, 0) is 0 Å². The molecule has 1 rings (SSSR count). The first kappa shape index (κ1) is 11.8. The Kier molecular flexibility index (Phi) is 3.55. The maximum absolute atomic E-state index is 5.64. The summed E-state index contributed by atoms with van der Waals surface area (Å²) < 4.78 is 0. The molecule has 1 aromatic carbocycles. The molecular weight excluding hydrogens is 182 g/mol. The van der Waals surface area contributed by atoms with Crippen LogP contribution < -0.4 is 5.73 Å². The van der Waals surface area contributed by atoms with Gasteiger partial charge in [-0.05, 0) is 56.9 Å². The Balaban J connectivity index is 3.35. The second-order valence-corrected chi connectivity index (χ2v) is 4.19. The van der Waals surface area contributed by atoms with Gasteiger partial charge in [0.1, 0.15) is 0 Å². The SMILES string of the molecule is Cc1cc(C)c(C)c(C#CC(C)N)c1C. The number of aryl methyl sites for hydroxylation is 2. The van der Waals surface area contributed by atoms with Crippen molar-refractivity contribution in [3.63, 3.8) is 0 Å². The van der Waals surface area contributed by atoms with Crippen molar-refractivity contribution in [2.24, 2.45) is 5.73 Å². The van der Waals surface area contributed by atoms with Crippen molar-refractivity contribution < 1.29 is 0 Å². The average molecular weight is 201 g/mol. The fourth-order valence-electron chi connectivity index (χ4n) is 1.59. The summed E-state index contributed by atoms with van der Waals surface area (Å²) in [6, 6.07) is 2.14. The van der Waals surface area contributed by atoms with Crippen molar-refractivity contribution in [2.75, 3.05) is 0 Å². The van der Waals surface area contributed by atoms with E-state index in [-0.39, 0.29) is 6.04 Å².